The number of carbonyl (C=O) groups excluding carboxylic acids is 1. The summed E-state index contributed by atoms with van der Waals surface area (Å²) in [7, 11) is 0. The number of ether oxygens (including phenoxy) is 2. The highest BCUT2D eigenvalue weighted by Gasteiger charge is 2.15. The van der Waals surface area contributed by atoms with Gasteiger partial charge in [-0.1, -0.05) is 55.8 Å². The molecule has 4 aromatic rings. The topological polar surface area (TPSA) is 86.5 Å². The molecule has 0 aliphatic carbocycles. The second-order valence-electron chi connectivity index (χ2n) is 7.69. The van der Waals surface area contributed by atoms with Crippen molar-refractivity contribution in [2.24, 2.45) is 0 Å². The van der Waals surface area contributed by atoms with Crippen molar-refractivity contribution in [3.63, 3.8) is 0 Å². The molecule has 0 atom stereocenters. The Bertz CT molecular complexity index is 1190. The summed E-state index contributed by atoms with van der Waals surface area (Å²) in [5, 5.41) is 11.1. The van der Waals surface area contributed by atoms with Crippen LogP contribution in [0, 0.1) is 0 Å². The molecule has 1 amide bonds. The Morgan fingerprint density at radius 3 is 2.41 bits per heavy atom. The highest BCUT2D eigenvalue weighted by atomic mass is 16.5. The lowest BCUT2D eigenvalue weighted by Crippen LogP contribution is -2.28. The van der Waals surface area contributed by atoms with E-state index >= 15 is 0 Å². The van der Waals surface area contributed by atoms with E-state index in [1.807, 2.05) is 72.8 Å². The molecule has 7 nitrogen and oxygen atoms in total. The molecular formula is C27H27N3O4. The number of hydrogen-bond donors (Lipinski definition) is 1. The van der Waals surface area contributed by atoms with E-state index in [9.17, 15) is 4.79 Å². The summed E-state index contributed by atoms with van der Waals surface area (Å²) in [5.41, 5.74) is 2.44. The van der Waals surface area contributed by atoms with Crippen LogP contribution in [0.5, 0.6) is 11.5 Å². The van der Waals surface area contributed by atoms with Crippen molar-refractivity contribution in [3.05, 3.63) is 84.4 Å². The smallest absolute Gasteiger partial charge is 0.258 e. The Labute approximate surface area is 198 Å². The summed E-state index contributed by atoms with van der Waals surface area (Å²) in [4.78, 5) is 12.4. The summed E-state index contributed by atoms with van der Waals surface area (Å²) < 4.78 is 17.3. The van der Waals surface area contributed by atoms with E-state index in [4.69, 9.17) is 13.9 Å². The minimum Gasteiger partial charge on any atom is -0.494 e. The van der Waals surface area contributed by atoms with Crippen LogP contribution in [0.3, 0.4) is 0 Å². The van der Waals surface area contributed by atoms with Crippen LogP contribution in [0.1, 0.15) is 25.3 Å². The highest BCUT2D eigenvalue weighted by Crippen LogP contribution is 2.30. The zero-order chi connectivity index (χ0) is 23.6. The quantitative estimate of drug-likeness (QED) is 0.309. The van der Waals surface area contributed by atoms with Gasteiger partial charge in [-0.3, -0.25) is 4.79 Å². The Hall–Kier alpha value is -4.13. The van der Waals surface area contributed by atoms with Crippen molar-refractivity contribution in [1.82, 2.24) is 15.5 Å². The van der Waals surface area contributed by atoms with Crippen molar-refractivity contribution < 1.29 is 18.7 Å². The minimum absolute atomic E-state index is 0.130. The lowest BCUT2D eigenvalue weighted by Gasteiger charge is -2.10. The summed E-state index contributed by atoms with van der Waals surface area (Å²) in [5.74, 6) is 1.85. The van der Waals surface area contributed by atoms with Gasteiger partial charge >= 0.3 is 0 Å². The lowest BCUT2D eigenvalue weighted by molar-refractivity contribution is -0.123. The zero-order valence-corrected chi connectivity index (χ0v) is 19.1. The third-order valence-electron chi connectivity index (χ3n) is 5.10. The van der Waals surface area contributed by atoms with Gasteiger partial charge in [0.2, 0.25) is 5.89 Å². The summed E-state index contributed by atoms with van der Waals surface area (Å²) in [6.07, 6.45) is 2.13. The van der Waals surface area contributed by atoms with E-state index < -0.39 is 0 Å². The molecule has 34 heavy (non-hydrogen) atoms. The fourth-order valence-electron chi connectivity index (χ4n) is 3.23. The van der Waals surface area contributed by atoms with E-state index in [1.165, 1.54) is 0 Å². The molecular weight excluding hydrogens is 430 g/mol. The Balaban J connectivity index is 1.31. The first-order valence-corrected chi connectivity index (χ1v) is 11.3. The number of nitrogens with one attached hydrogen (secondary N) is 1. The summed E-state index contributed by atoms with van der Waals surface area (Å²) >= 11 is 0. The Morgan fingerprint density at radius 2 is 1.62 bits per heavy atom. The van der Waals surface area contributed by atoms with E-state index in [0.717, 1.165) is 29.7 Å². The maximum Gasteiger partial charge on any atom is 0.258 e. The molecule has 0 spiro atoms. The van der Waals surface area contributed by atoms with Crippen molar-refractivity contribution in [2.45, 2.75) is 26.3 Å². The summed E-state index contributed by atoms with van der Waals surface area (Å²) in [6, 6.07) is 24.5. The third-order valence-corrected chi connectivity index (χ3v) is 5.10. The average Bonchev–Trinajstić information content (AvgIpc) is 3.38. The molecule has 0 aliphatic heterocycles. The van der Waals surface area contributed by atoms with Gasteiger partial charge in [-0.05, 0) is 48.4 Å². The number of benzene rings is 3. The number of amides is 1. The Morgan fingerprint density at radius 1 is 0.882 bits per heavy atom. The largest absolute Gasteiger partial charge is 0.494 e. The first-order valence-electron chi connectivity index (χ1n) is 11.3. The van der Waals surface area contributed by atoms with Gasteiger partial charge in [-0.2, -0.15) is 0 Å². The number of nitrogens with zero attached hydrogens (tertiary/aromatic N) is 2. The average molecular weight is 458 g/mol. The standard InChI is InChI=1S/C27H27N3O4/c1-2-3-17-32-22-15-13-20(14-16-22)18-28-25(31)19-33-24-12-8-7-11-23(24)27-30-29-26(34-27)21-9-5-4-6-10-21/h4-16H,2-3,17-19H2,1H3,(H,28,31). The van der Waals surface area contributed by atoms with Gasteiger partial charge in [0, 0.05) is 12.1 Å². The predicted octanol–water partition coefficient (Wildman–Crippen LogP) is 5.28. The normalized spacial score (nSPS) is 10.6. The molecule has 0 bridgehead atoms. The predicted molar refractivity (Wildman–Crippen MR) is 129 cm³/mol. The number of rotatable bonds is 11. The number of unbranched alkanes of at least 4 members (excludes halogenated alkanes) is 1. The van der Waals surface area contributed by atoms with Crippen LogP contribution < -0.4 is 14.8 Å². The number of para-hydroxylation sites is 1. The molecule has 0 radical (unpaired) electrons. The second-order valence-corrected chi connectivity index (χ2v) is 7.69. The van der Waals surface area contributed by atoms with Gasteiger partial charge in [-0.25, -0.2) is 0 Å². The second kappa shape index (κ2) is 11.7. The molecule has 0 aliphatic rings. The van der Waals surface area contributed by atoms with E-state index in [0.29, 0.717) is 36.2 Å². The maximum absolute atomic E-state index is 12.4. The van der Waals surface area contributed by atoms with E-state index in [-0.39, 0.29) is 12.5 Å². The monoisotopic (exact) mass is 457 g/mol. The van der Waals surface area contributed by atoms with E-state index in [1.54, 1.807) is 6.07 Å². The molecule has 0 unspecified atom stereocenters. The van der Waals surface area contributed by atoms with Crippen molar-refractivity contribution >= 4 is 5.91 Å². The molecule has 0 saturated carbocycles. The molecule has 1 heterocycles. The van der Waals surface area contributed by atoms with Gasteiger partial charge < -0.3 is 19.2 Å². The van der Waals surface area contributed by atoms with Crippen molar-refractivity contribution in [1.29, 1.82) is 0 Å². The maximum atomic E-state index is 12.4. The molecule has 0 fully saturated rings. The fourth-order valence-corrected chi connectivity index (χ4v) is 3.23. The molecule has 1 aromatic heterocycles. The molecule has 4 rings (SSSR count). The zero-order valence-electron chi connectivity index (χ0n) is 19.1. The van der Waals surface area contributed by atoms with E-state index in [2.05, 4.69) is 22.4 Å². The van der Waals surface area contributed by atoms with Gasteiger partial charge in [-0.15, -0.1) is 10.2 Å². The van der Waals surface area contributed by atoms with Gasteiger partial charge in [0.15, 0.2) is 6.61 Å². The van der Waals surface area contributed by atoms with Crippen molar-refractivity contribution in [2.75, 3.05) is 13.2 Å². The van der Waals surface area contributed by atoms with Gasteiger partial charge in [0.1, 0.15) is 11.5 Å². The first kappa shape index (κ1) is 23.0. The highest BCUT2D eigenvalue weighted by molar-refractivity contribution is 5.78. The number of aromatic nitrogens is 2. The Kier molecular flexibility index (Phi) is 7.90. The van der Waals surface area contributed by atoms with Crippen LogP contribution in [-0.4, -0.2) is 29.3 Å². The molecule has 0 saturated heterocycles. The molecule has 174 valence electrons. The number of carbonyl (C=O) groups is 1. The van der Waals surface area contributed by atoms with Gasteiger partial charge in [0.25, 0.3) is 11.8 Å². The molecule has 7 heteroatoms. The van der Waals surface area contributed by atoms with Crippen LogP contribution in [0.4, 0.5) is 0 Å². The van der Waals surface area contributed by atoms with Crippen LogP contribution in [0.25, 0.3) is 22.9 Å². The minimum atomic E-state index is -0.228. The SMILES string of the molecule is CCCCOc1ccc(CNC(=O)COc2ccccc2-c2nnc(-c3ccccc3)o2)cc1. The van der Waals surface area contributed by atoms with Crippen LogP contribution in [-0.2, 0) is 11.3 Å². The lowest BCUT2D eigenvalue weighted by atomic mass is 10.2. The van der Waals surface area contributed by atoms with Crippen LogP contribution >= 0.6 is 0 Å². The van der Waals surface area contributed by atoms with Crippen LogP contribution in [0.15, 0.2) is 83.3 Å². The first-order chi connectivity index (χ1) is 16.7. The molecule has 1 N–H and O–H groups in total. The third kappa shape index (κ3) is 6.22. The van der Waals surface area contributed by atoms with Crippen LogP contribution in [0.2, 0.25) is 0 Å². The fraction of sp³-hybridized carbons (Fsp3) is 0.222. The van der Waals surface area contributed by atoms with Gasteiger partial charge in [0.05, 0.1) is 12.2 Å². The number of hydrogen-bond acceptors (Lipinski definition) is 6. The summed E-state index contributed by atoms with van der Waals surface area (Å²) in [6.45, 7) is 3.12. The molecule has 3 aromatic carbocycles. The van der Waals surface area contributed by atoms with Crippen molar-refractivity contribution in [3.8, 4) is 34.4 Å².